The first-order chi connectivity index (χ1) is 10.3. The minimum atomic E-state index is 1.21. The van der Waals surface area contributed by atoms with Gasteiger partial charge in [0.2, 0.25) is 0 Å². The Morgan fingerprint density at radius 1 is 0.571 bits per heavy atom. The molecule has 0 aromatic carbocycles. The Bertz CT molecular complexity index is 177. The predicted octanol–water partition coefficient (Wildman–Crippen LogP) is 6.62. The van der Waals surface area contributed by atoms with E-state index < -0.39 is 0 Å². The molecule has 0 saturated carbocycles. The highest BCUT2D eigenvalue weighted by molar-refractivity contribution is 4.65. The molecule has 0 unspecified atom stereocenters. The molecule has 0 rings (SSSR count). The van der Waals surface area contributed by atoms with Gasteiger partial charge in [-0.15, -0.1) is 0 Å². The van der Waals surface area contributed by atoms with Crippen molar-refractivity contribution >= 4 is 0 Å². The summed E-state index contributed by atoms with van der Waals surface area (Å²) < 4.78 is 0. The van der Waals surface area contributed by atoms with Crippen LogP contribution in [0.2, 0.25) is 0 Å². The van der Waals surface area contributed by atoms with Crippen LogP contribution in [0.5, 0.6) is 0 Å². The van der Waals surface area contributed by atoms with Crippen LogP contribution in [0.1, 0.15) is 103 Å². The van der Waals surface area contributed by atoms with Crippen LogP contribution in [0, 0.1) is 6.42 Å². The minimum absolute atomic E-state index is 1.21. The Morgan fingerprint density at radius 3 is 1.43 bits per heavy atom. The smallest absolute Gasteiger partial charge is 0.00221 e. The summed E-state index contributed by atoms with van der Waals surface area (Å²) in [6.45, 7) is 3.50. The van der Waals surface area contributed by atoms with Crippen LogP contribution in [-0.2, 0) is 0 Å². The Kier molecular flexibility index (Phi) is 18.0. The molecule has 0 aromatic heterocycles. The fraction of sp³-hybridized carbons (Fsp3) is 0.950. The molecule has 0 amide bonds. The van der Waals surface area contributed by atoms with E-state index in [0.717, 1.165) is 0 Å². The standard InChI is InChI=1S/C20H42N/c1-4-5-6-7-8-9-10-11-12-13-14-15-16-17-18-19-20-21(2)3/h18H,4-17,19-20H2,1-3H3. The van der Waals surface area contributed by atoms with E-state index in [1.165, 1.54) is 103 Å². The molecule has 0 aromatic rings. The maximum absolute atomic E-state index is 2.47. The van der Waals surface area contributed by atoms with E-state index in [-0.39, 0.29) is 0 Å². The molecule has 0 bridgehead atoms. The molecular formula is C20H42N. The Morgan fingerprint density at radius 2 is 1.00 bits per heavy atom. The van der Waals surface area contributed by atoms with Gasteiger partial charge in [-0.25, -0.2) is 0 Å². The van der Waals surface area contributed by atoms with Crippen molar-refractivity contribution in [1.82, 2.24) is 4.90 Å². The summed E-state index contributed by atoms with van der Waals surface area (Å²) in [5.74, 6) is 0. The van der Waals surface area contributed by atoms with E-state index >= 15 is 0 Å². The Labute approximate surface area is 135 Å². The normalized spacial score (nSPS) is 11.4. The lowest BCUT2D eigenvalue weighted by Gasteiger charge is -2.08. The van der Waals surface area contributed by atoms with Crippen molar-refractivity contribution in [1.29, 1.82) is 0 Å². The molecule has 0 aliphatic heterocycles. The average Bonchev–Trinajstić information content (AvgIpc) is 2.46. The van der Waals surface area contributed by atoms with Crippen molar-refractivity contribution in [2.75, 3.05) is 20.6 Å². The molecule has 21 heavy (non-hydrogen) atoms. The lowest BCUT2D eigenvalue weighted by atomic mass is 10.0. The lowest BCUT2D eigenvalue weighted by Crippen LogP contribution is -2.12. The summed E-state index contributed by atoms with van der Waals surface area (Å²) in [5.41, 5.74) is 0. The summed E-state index contributed by atoms with van der Waals surface area (Å²) >= 11 is 0. The van der Waals surface area contributed by atoms with Crippen LogP contribution < -0.4 is 0 Å². The van der Waals surface area contributed by atoms with Crippen molar-refractivity contribution in [2.24, 2.45) is 0 Å². The third-order valence-electron chi connectivity index (χ3n) is 4.29. The van der Waals surface area contributed by atoms with Crippen molar-refractivity contribution < 1.29 is 0 Å². The Hall–Kier alpha value is -0.0400. The number of hydrogen-bond donors (Lipinski definition) is 0. The SMILES string of the molecule is CCCCCCCCCCCCCCC[CH]CCN(C)C. The monoisotopic (exact) mass is 296 g/mol. The second kappa shape index (κ2) is 18.0. The zero-order chi connectivity index (χ0) is 15.6. The zero-order valence-corrected chi connectivity index (χ0v) is 15.3. The maximum atomic E-state index is 2.47. The van der Waals surface area contributed by atoms with Crippen LogP contribution in [0.3, 0.4) is 0 Å². The van der Waals surface area contributed by atoms with E-state index in [0.29, 0.717) is 0 Å². The van der Waals surface area contributed by atoms with Crippen molar-refractivity contribution in [3.05, 3.63) is 6.42 Å². The molecule has 0 heterocycles. The number of rotatable bonds is 17. The van der Waals surface area contributed by atoms with Gasteiger partial charge in [0.25, 0.3) is 0 Å². The van der Waals surface area contributed by atoms with Gasteiger partial charge in [-0.2, -0.15) is 0 Å². The van der Waals surface area contributed by atoms with Crippen LogP contribution in [-0.4, -0.2) is 25.5 Å². The zero-order valence-electron chi connectivity index (χ0n) is 15.3. The summed E-state index contributed by atoms with van der Waals surface area (Å²) in [4.78, 5) is 2.26. The van der Waals surface area contributed by atoms with Gasteiger partial charge in [-0.05, 0) is 33.5 Å². The van der Waals surface area contributed by atoms with Crippen LogP contribution in [0.25, 0.3) is 0 Å². The molecule has 0 fully saturated rings. The minimum Gasteiger partial charge on any atom is -0.309 e. The molecule has 1 nitrogen and oxygen atoms in total. The molecule has 0 aliphatic carbocycles. The highest BCUT2D eigenvalue weighted by atomic mass is 15.0. The van der Waals surface area contributed by atoms with Gasteiger partial charge < -0.3 is 4.90 Å². The molecule has 0 atom stereocenters. The average molecular weight is 297 g/mol. The summed E-state index contributed by atoms with van der Waals surface area (Å²) in [6, 6.07) is 0. The highest BCUT2D eigenvalue weighted by Crippen LogP contribution is 2.13. The molecule has 0 spiro atoms. The second-order valence-electron chi connectivity index (χ2n) is 6.91. The second-order valence-corrected chi connectivity index (χ2v) is 6.91. The van der Waals surface area contributed by atoms with E-state index in [4.69, 9.17) is 0 Å². The highest BCUT2D eigenvalue weighted by Gasteiger charge is 1.95. The molecule has 1 heteroatoms. The summed E-state index contributed by atoms with van der Waals surface area (Å²) in [7, 11) is 4.30. The topological polar surface area (TPSA) is 3.24 Å². The Balaban J connectivity index is 2.93. The fourth-order valence-corrected chi connectivity index (χ4v) is 2.80. The van der Waals surface area contributed by atoms with E-state index in [9.17, 15) is 0 Å². The third kappa shape index (κ3) is 20.0. The molecular weight excluding hydrogens is 254 g/mol. The van der Waals surface area contributed by atoms with Gasteiger partial charge in [0.05, 0.1) is 0 Å². The van der Waals surface area contributed by atoms with Gasteiger partial charge in [-0.1, -0.05) is 96.8 Å². The van der Waals surface area contributed by atoms with Gasteiger partial charge in [-0.3, -0.25) is 0 Å². The lowest BCUT2D eigenvalue weighted by molar-refractivity contribution is 0.408. The molecule has 0 N–H and O–H groups in total. The van der Waals surface area contributed by atoms with Crippen molar-refractivity contribution in [3.63, 3.8) is 0 Å². The summed E-state index contributed by atoms with van der Waals surface area (Å²) in [5, 5.41) is 0. The predicted molar refractivity (Wildman–Crippen MR) is 97.8 cm³/mol. The van der Waals surface area contributed by atoms with Crippen molar-refractivity contribution in [2.45, 2.75) is 103 Å². The quantitative estimate of drug-likeness (QED) is 0.272. The first kappa shape index (κ1) is 21.0. The molecule has 1 radical (unpaired) electrons. The summed E-state index contributed by atoms with van der Waals surface area (Å²) in [6.07, 6.45) is 23.9. The number of unbranched alkanes of at least 4 members (excludes halogenated alkanes) is 15. The van der Waals surface area contributed by atoms with Gasteiger partial charge >= 0.3 is 0 Å². The molecule has 0 aliphatic rings. The first-order valence-electron chi connectivity index (χ1n) is 9.73. The van der Waals surface area contributed by atoms with Gasteiger partial charge in [0.1, 0.15) is 0 Å². The van der Waals surface area contributed by atoms with E-state index in [2.05, 4.69) is 32.3 Å². The van der Waals surface area contributed by atoms with Crippen molar-refractivity contribution in [3.8, 4) is 0 Å². The first-order valence-corrected chi connectivity index (χ1v) is 9.73. The van der Waals surface area contributed by atoms with Crippen LogP contribution in [0.4, 0.5) is 0 Å². The van der Waals surface area contributed by atoms with E-state index in [1.54, 1.807) is 0 Å². The number of hydrogen-bond acceptors (Lipinski definition) is 1. The largest absolute Gasteiger partial charge is 0.309 e. The third-order valence-corrected chi connectivity index (χ3v) is 4.29. The number of nitrogens with zero attached hydrogens (tertiary/aromatic N) is 1. The maximum Gasteiger partial charge on any atom is -0.00221 e. The molecule has 127 valence electrons. The fourth-order valence-electron chi connectivity index (χ4n) is 2.80. The van der Waals surface area contributed by atoms with Crippen LogP contribution in [0.15, 0.2) is 0 Å². The molecule has 0 saturated heterocycles. The van der Waals surface area contributed by atoms with E-state index in [1.807, 2.05) is 0 Å². The van der Waals surface area contributed by atoms with Gasteiger partial charge in [0, 0.05) is 0 Å². The van der Waals surface area contributed by atoms with Crippen LogP contribution >= 0.6 is 0 Å². The van der Waals surface area contributed by atoms with Gasteiger partial charge in [0.15, 0.2) is 0 Å².